The Balaban J connectivity index is 0.778. The lowest BCUT2D eigenvalue weighted by Crippen LogP contribution is -2.57. The van der Waals surface area contributed by atoms with Gasteiger partial charge in [-0.2, -0.15) is 23.1 Å². The first-order valence-electron chi connectivity index (χ1n) is 34.6. The van der Waals surface area contributed by atoms with Gasteiger partial charge in [-0.15, -0.1) is 11.3 Å². The third-order valence-corrected chi connectivity index (χ3v) is 20.4. The van der Waals surface area contributed by atoms with E-state index in [1.807, 2.05) is 81.1 Å². The number of carbonyl (C=O) groups excluding carboxylic acids is 4. The predicted octanol–water partition coefficient (Wildman–Crippen LogP) is 12.5. The number of nitrogens with zero attached hydrogens (tertiary/aromatic N) is 9. The number of aliphatic hydroxyl groups is 1. The number of methoxy groups -OCH3 is 2. The molecule has 546 valence electrons. The Morgan fingerprint density at radius 1 is 0.824 bits per heavy atom. The van der Waals surface area contributed by atoms with E-state index in [0.717, 1.165) is 52.2 Å². The Bertz CT molecular complexity index is 4080. The number of nitrogens with one attached hydrogen (secondary N) is 2. The molecule has 3 N–H and O–H groups in total. The fraction of sp³-hybridized carbons (Fsp3) is 0.493. The molecule has 7 heterocycles. The molecule has 21 nitrogen and oxygen atoms in total. The van der Waals surface area contributed by atoms with Crippen molar-refractivity contribution in [2.24, 2.45) is 5.41 Å². The van der Waals surface area contributed by atoms with Gasteiger partial charge in [-0.25, -0.2) is 19.2 Å². The molecule has 6 atom stereocenters. The highest BCUT2D eigenvalue weighted by Crippen LogP contribution is 2.47. The molecule has 4 saturated heterocycles. The number of rotatable bonds is 25. The largest absolute Gasteiger partial charge is 0.497 e. The van der Waals surface area contributed by atoms with Gasteiger partial charge in [0.15, 0.2) is 5.82 Å². The zero-order valence-corrected chi connectivity index (χ0v) is 60.9. The van der Waals surface area contributed by atoms with E-state index >= 15 is 17.6 Å². The first-order valence-corrected chi connectivity index (χ1v) is 35.8. The molecule has 27 heteroatoms. The van der Waals surface area contributed by atoms with Gasteiger partial charge in [0, 0.05) is 76.7 Å². The third kappa shape index (κ3) is 17.6. The average Bonchev–Trinajstić information content (AvgIpc) is 0.833. The highest BCUT2D eigenvalue weighted by Gasteiger charge is 2.47. The number of hydrogen-bond donors (Lipinski definition) is 3. The minimum Gasteiger partial charge on any atom is -0.497 e. The van der Waals surface area contributed by atoms with Crippen LogP contribution in [0.1, 0.15) is 120 Å². The standard InChI is InChI=1S/C75H90ClF4N11O10S/c1-44-33-59(88(37-47-16-24-54(97-9)25-17-47)38-48-18-26-55(98-10)27-19-48)83-65(62(44)75(78,79)80)61-57(76)35-56-64(63(61)77)85-71(86-68(56)89-39-50-22-23-51(40-89)91(50)72(96)101-74(6,7)8)100-42-52-13-11-29-87(52)30-12-31-99-32-28-60(93)84-67(73(3,4)5)70(95)90-41-53(92)34-58(90)69(94)81-36-46-14-20-49(21-15-46)66-45(2)82-43-102-66/h14-21,24-27,33,35,43,50-53,58,67,92H,11-13,22-23,28-32,34,36-42H2,1-10H3,(H,81,94)(H,84,93)/t50?,51?,52-,53+,58-,67+/m0/s1. The number of ether oxygens (including phenoxy) is 5. The lowest BCUT2D eigenvalue weighted by Gasteiger charge is -2.42. The number of thiazole rings is 1. The van der Waals surface area contributed by atoms with Gasteiger partial charge < -0.3 is 54.1 Å². The number of pyridine rings is 1. The summed E-state index contributed by atoms with van der Waals surface area (Å²) >= 11 is 8.70. The molecule has 4 amide bonds. The molecule has 4 aliphatic rings. The SMILES string of the molecule is COc1ccc(CN(Cc2ccc(OC)cc2)c2cc(C)c(C(F)(F)F)c(-c3c(Cl)cc4c(N5CC6CCC(C5)N6C(=O)OC(C)(C)C)nc(OC[C@@H]5CCCN5CCCOCCC(=O)N[C@H](C(=O)N5C[C@H](O)C[C@H]5C(=O)NCc5ccc(-c6scnc6C)cc5)C(C)(C)C)nc4c3F)n2)cc1. The predicted molar refractivity (Wildman–Crippen MR) is 382 cm³/mol. The Morgan fingerprint density at radius 2 is 1.47 bits per heavy atom. The third-order valence-electron chi connectivity index (χ3n) is 19.2. The van der Waals surface area contributed by atoms with Crippen molar-refractivity contribution in [3.8, 4) is 39.2 Å². The second-order valence-corrected chi connectivity index (χ2v) is 30.1. The van der Waals surface area contributed by atoms with Crippen molar-refractivity contribution < 1.29 is 65.5 Å². The van der Waals surface area contributed by atoms with Crippen molar-refractivity contribution >= 4 is 69.3 Å². The van der Waals surface area contributed by atoms with E-state index in [-0.39, 0.29) is 123 Å². The summed E-state index contributed by atoms with van der Waals surface area (Å²) in [6.45, 7) is 17.0. The minimum absolute atomic E-state index is 0.0436. The minimum atomic E-state index is -5.02. The van der Waals surface area contributed by atoms with E-state index < -0.39 is 81.8 Å². The number of β-amino-alcohol motifs (C(OH)–C–C–N with tert-alkyl or cyclic N) is 1. The molecule has 7 aromatic rings. The number of halogens is 5. The van der Waals surface area contributed by atoms with E-state index in [2.05, 4.69) is 25.5 Å². The van der Waals surface area contributed by atoms with Crippen LogP contribution in [0.5, 0.6) is 17.5 Å². The maximum absolute atomic E-state index is 18.3. The number of aryl methyl sites for hydroxylation is 2. The molecule has 0 spiro atoms. The molecule has 4 fully saturated rings. The summed E-state index contributed by atoms with van der Waals surface area (Å²) in [5, 5.41) is 16.4. The molecule has 4 aliphatic heterocycles. The van der Waals surface area contributed by atoms with Crippen LogP contribution in [0.4, 0.5) is 34.0 Å². The van der Waals surface area contributed by atoms with E-state index in [0.29, 0.717) is 43.9 Å². The fourth-order valence-electron chi connectivity index (χ4n) is 14.0. The van der Waals surface area contributed by atoms with Gasteiger partial charge in [-0.1, -0.05) is 80.9 Å². The Kier molecular flexibility index (Phi) is 23.2. The molecule has 0 saturated carbocycles. The molecule has 2 unspecified atom stereocenters. The van der Waals surface area contributed by atoms with Gasteiger partial charge in [-0.05, 0) is 143 Å². The molecule has 11 rings (SSSR count). The highest BCUT2D eigenvalue weighted by molar-refractivity contribution is 7.13. The smallest absolute Gasteiger partial charge is 0.418 e. The van der Waals surface area contributed by atoms with Gasteiger partial charge in [0.1, 0.15) is 52.9 Å². The van der Waals surface area contributed by atoms with Crippen molar-refractivity contribution in [1.29, 1.82) is 0 Å². The number of benzene rings is 4. The van der Waals surface area contributed by atoms with Gasteiger partial charge in [0.25, 0.3) is 0 Å². The van der Waals surface area contributed by atoms with Crippen molar-refractivity contribution in [3.05, 3.63) is 135 Å². The fourth-order valence-corrected chi connectivity index (χ4v) is 15.1. The number of fused-ring (bicyclic) bond motifs is 3. The van der Waals surface area contributed by atoms with Crippen molar-refractivity contribution in [2.45, 2.75) is 168 Å². The first kappa shape index (κ1) is 74.7. The second kappa shape index (κ2) is 31.7. The van der Waals surface area contributed by atoms with E-state index in [1.165, 1.54) is 24.0 Å². The van der Waals surface area contributed by atoms with Gasteiger partial charge in [-0.3, -0.25) is 24.2 Å². The van der Waals surface area contributed by atoms with Crippen LogP contribution >= 0.6 is 22.9 Å². The quantitative estimate of drug-likeness (QED) is 0.0357. The van der Waals surface area contributed by atoms with E-state index in [4.69, 9.17) is 45.3 Å². The maximum atomic E-state index is 18.3. The van der Waals surface area contributed by atoms with Crippen LogP contribution in [0.3, 0.4) is 0 Å². The maximum Gasteiger partial charge on any atom is 0.418 e. The molecule has 4 aromatic carbocycles. The number of likely N-dealkylation sites (tertiary alicyclic amines) is 2. The summed E-state index contributed by atoms with van der Waals surface area (Å²) in [6, 6.07) is 22.1. The van der Waals surface area contributed by atoms with Crippen LogP contribution in [0.2, 0.25) is 5.02 Å². The number of aromatic nitrogens is 4. The first-order chi connectivity index (χ1) is 48.5. The summed E-state index contributed by atoms with van der Waals surface area (Å²) in [6.07, 6.45) is -2.92. The van der Waals surface area contributed by atoms with Crippen LogP contribution in [0.25, 0.3) is 32.6 Å². The van der Waals surface area contributed by atoms with Crippen molar-refractivity contribution in [3.63, 3.8) is 0 Å². The van der Waals surface area contributed by atoms with E-state index in [9.17, 15) is 24.3 Å². The second-order valence-electron chi connectivity index (χ2n) is 28.8. The van der Waals surface area contributed by atoms with Crippen LogP contribution in [0.15, 0.2) is 90.4 Å². The zero-order valence-electron chi connectivity index (χ0n) is 59.3. The Labute approximate surface area is 601 Å². The van der Waals surface area contributed by atoms with Gasteiger partial charge in [0.05, 0.1) is 76.9 Å². The number of piperazine rings is 1. The lowest BCUT2D eigenvalue weighted by atomic mass is 9.85. The summed E-state index contributed by atoms with van der Waals surface area (Å²) < 4.78 is 94.4. The van der Waals surface area contributed by atoms with Crippen molar-refractivity contribution in [1.82, 2.24) is 45.3 Å². The Hall–Kier alpha value is -8.43. The highest BCUT2D eigenvalue weighted by atomic mass is 35.5. The number of hydrogen-bond acceptors (Lipinski definition) is 18. The van der Waals surface area contributed by atoms with Gasteiger partial charge in [0.2, 0.25) is 17.7 Å². The normalized spacial score (nSPS) is 18.9. The number of anilines is 2. The molecule has 0 aliphatic carbocycles. The van der Waals surface area contributed by atoms with Crippen LogP contribution < -0.4 is 34.6 Å². The summed E-state index contributed by atoms with van der Waals surface area (Å²) in [5.41, 5.74) is 1.64. The van der Waals surface area contributed by atoms with Crippen molar-refractivity contribution in [2.75, 3.05) is 76.6 Å². The lowest BCUT2D eigenvalue weighted by molar-refractivity contribution is -0.144. The number of alkyl halides is 3. The molecule has 0 radical (unpaired) electrons. The molecule has 102 heavy (non-hydrogen) atoms. The summed E-state index contributed by atoms with van der Waals surface area (Å²) in [5.74, 6) is -0.869. The van der Waals surface area contributed by atoms with Gasteiger partial charge >= 0.3 is 18.3 Å². The number of amides is 4. The Morgan fingerprint density at radius 3 is 2.07 bits per heavy atom. The van der Waals surface area contributed by atoms with Crippen LogP contribution in [0, 0.1) is 25.1 Å². The number of aliphatic hydroxyl groups excluding tert-OH is 1. The summed E-state index contributed by atoms with van der Waals surface area (Å²) in [7, 11) is 3.10. The molecule has 3 aromatic heterocycles. The van der Waals surface area contributed by atoms with E-state index in [1.54, 1.807) is 85.9 Å². The van der Waals surface area contributed by atoms with Crippen LogP contribution in [-0.2, 0) is 49.7 Å². The topological polar surface area (TPSA) is 226 Å². The monoisotopic (exact) mass is 1450 g/mol. The average molecular weight is 1450 g/mol. The van der Waals surface area contributed by atoms with Crippen LogP contribution in [-0.4, -0.2) is 172 Å². The molecular formula is C75H90ClF4N11O10S. The molecule has 2 bridgehead atoms. The summed E-state index contributed by atoms with van der Waals surface area (Å²) in [4.78, 5) is 84.0. The zero-order chi connectivity index (χ0) is 72.9. The number of carbonyl (C=O) groups is 4. The molecular weight excluding hydrogens is 1360 g/mol.